The van der Waals surface area contributed by atoms with E-state index in [2.05, 4.69) is 66.7 Å². The van der Waals surface area contributed by atoms with Crippen molar-refractivity contribution in [1.82, 2.24) is 29.9 Å². The molecule has 0 saturated carbocycles. The van der Waals surface area contributed by atoms with E-state index >= 15 is 0 Å². The van der Waals surface area contributed by atoms with Gasteiger partial charge in [-0.15, -0.1) is 0 Å². The zero-order valence-corrected chi connectivity index (χ0v) is 33.3. The molecule has 0 bridgehead atoms. The van der Waals surface area contributed by atoms with Crippen LogP contribution in [-0.2, 0) is 0 Å². The third-order valence-electron chi connectivity index (χ3n) is 10.7. The Kier molecular flexibility index (Phi) is 10.2. The zero-order chi connectivity index (χ0) is 41.7. The van der Waals surface area contributed by atoms with Crippen molar-refractivity contribution < 1.29 is 0 Å². The van der Waals surface area contributed by atoms with E-state index in [4.69, 9.17) is 29.9 Å². The third-order valence-corrected chi connectivity index (χ3v) is 10.7. The maximum Gasteiger partial charge on any atom is 0.164 e. The molecule has 10 rings (SSSR count). The van der Waals surface area contributed by atoms with Gasteiger partial charge in [0.25, 0.3) is 0 Å². The fourth-order valence-electron chi connectivity index (χ4n) is 7.45. The average Bonchev–Trinajstić information content (AvgIpc) is 3.37. The molecule has 0 unspecified atom stereocenters. The van der Waals surface area contributed by atoms with Gasteiger partial charge in [-0.3, -0.25) is 0 Å². The van der Waals surface area contributed by atoms with Crippen molar-refractivity contribution in [2.45, 2.75) is 0 Å². The van der Waals surface area contributed by atoms with Crippen LogP contribution in [0.25, 0.3) is 102 Å². The Morgan fingerprint density at radius 3 is 1.02 bits per heavy atom. The molecule has 0 radical (unpaired) electrons. The van der Waals surface area contributed by atoms with Crippen LogP contribution >= 0.6 is 0 Å². The van der Waals surface area contributed by atoms with Gasteiger partial charge in [-0.05, 0) is 57.6 Å². The molecular weight excluding hydrogens is 759 g/mol. The van der Waals surface area contributed by atoms with E-state index in [-0.39, 0.29) is 0 Å². The molecule has 8 aromatic carbocycles. The van der Waals surface area contributed by atoms with E-state index in [0.29, 0.717) is 40.5 Å². The Hall–Kier alpha value is -8.73. The van der Waals surface area contributed by atoms with Crippen molar-refractivity contribution in [3.05, 3.63) is 218 Å². The quantitative estimate of drug-likeness (QED) is 0.143. The molecule has 10 aromatic rings. The molecule has 0 aliphatic heterocycles. The summed E-state index contributed by atoms with van der Waals surface area (Å²) in [5.41, 5.74) is 12.2. The summed E-state index contributed by atoms with van der Waals surface area (Å²) < 4.78 is 0. The lowest BCUT2D eigenvalue weighted by molar-refractivity contribution is 1.07. The summed E-state index contributed by atoms with van der Waals surface area (Å²) in [6.07, 6.45) is 0. The fraction of sp³-hybridized carbons (Fsp3) is 0. The van der Waals surface area contributed by atoms with E-state index in [1.807, 2.05) is 152 Å². The lowest BCUT2D eigenvalue weighted by atomic mass is 9.90. The van der Waals surface area contributed by atoms with Crippen molar-refractivity contribution in [3.63, 3.8) is 0 Å². The van der Waals surface area contributed by atoms with Crippen LogP contribution in [0, 0.1) is 11.3 Å². The first-order chi connectivity index (χ1) is 30.6. The van der Waals surface area contributed by atoms with Gasteiger partial charge >= 0.3 is 0 Å². The molecule has 0 aliphatic rings. The minimum atomic E-state index is 0.585. The summed E-state index contributed by atoms with van der Waals surface area (Å²) in [7, 11) is 0. The van der Waals surface area contributed by atoms with Crippen LogP contribution in [0.15, 0.2) is 212 Å². The van der Waals surface area contributed by atoms with Crippen LogP contribution in [0.5, 0.6) is 0 Å². The van der Waals surface area contributed by atoms with E-state index in [9.17, 15) is 5.26 Å². The molecule has 2 aromatic heterocycles. The summed E-state index contributed by atoms with van der Waals surface area (Å²) in [6.45, 7) is 0. The zero-order valence-electron chi connectivity index (χ0n) is 33.3. The molecule has 7 heteroatoms. The first kappa shape index (κ1) is 37.5. The van der Waals surface area contributed by atoms with Gasteiger partial charge < -0.3 is 0 Å². The van der Waals surface area contributed by atoms with Crippen LogP contribution in [0.3, 0.4) is 0 Å². The van der Waals surface area contributed by atoms with Gasteiger partial charge in [0, 0.05) is 33.4 Å². The highest BCUT2D eigenvalue weighted by Crippen LogP contribution is 2.38. The minimum Gasteiger partial charge on any atom is -0.208 e. The molecule has 0 aliphatic carbocycles. The van der Waals surface area contributed by atoms with Crippen LogP contribution in [0.1, 0.15) is 5.56 Å². The van der Waals surface area contributed by atoms with Crippen LogP contribution in [-0.4, -0.2) is 29.9 Å². The third kappa shape index (κ3) is 7.87. The molecule has 62 heavy (non-hydrogen) atoms. The number of nitrogens with zero attached hydrogens (tertiary/aromatic N) is 7. The highest BCUT2D eigenvalue weighted by Gasteiger charge is 2.17. The molecule has 0 N–H and O–H groups in total. The number of hydrogen-bond acceptors (Lipinski definition) is 7. The second kappa shape index (κ2) is 16.9. The van der Waals surface area contributed by atoms with Crippen LogP contribution in [0.2, 0.25) is 0 Å². The average molecular weight is 794 g/mol. The van der Waals surface area contributed by atoms with Crippen molar-refractivity contribution >= 4 is 0 Å². The lowest BCUT2D eigenvalue weighted by Gasteiger charge is -2.15. The van der Waals surface area contributed by atoms with Crippen molar-refractivity contribution in [2.75, 3.05) is 0 Å². The van der Waals surface area contributed by atoms with Crippen molar-refractivity contribution in [3.8, 4) is 108 Å². The summed E-state index contributed by atoms with van der Waals surface area (Å²) >= 11 is 0. The molecule has 0 atom stereocenters. The van der Waals surface area contributed by atoms with Gasteiger partial charge in [0.15, 0.2) is 34.9 Å². The number of aromatic nitrogens is 6. The summed E-state index contributed by atoms with van der Waals surface area (Å²) in [5, 5.41) is 9.48. The normalized spacial score (nSPS) is 10.9. The van der Waals surface area contributed by atoms with Gasteiger partial charge in [0.2, 0.25) is 0 Å². The van der Waals surface area contributed by atoms with Crippen LogP contribution < -0.4 is 0 Å². The molecular formula is C55H35N7. The van der Waals surface area contributed by atoms with E-state index < -0.39 is 0 Å². The second-order valence-corrected chi connectivity index (χ2v) is 14.7. The fourth-order valence-corrected chi connectivity index (χ4v) is 7.45. The number of nitriles is 1. The van der Waals surface area contributed by atoms with Gasteiger partial charge in [-0.25, -0.2) is 29.9 Å². The Bertz CT molecular complexity index is 3090. The molecule has 0 saturated heterocycles. The maximum absolute atomic E-state index is 9.48. The molecule has 7 nitrogen and oxygen atoms in total. The van der Waals surface area contributed by atoms with Gasteiger partial charge in [-0.2, -0.15) is 5.26 Å². The Labute approximate surface area is 359 Å². The van der Waals surface area contributed by atoms with Gasteiger partial charge in [0.1, 0.15) is 0 Å². The lowest BCUT2D eigenvalue weighted by Crippen LogP contribution is -2.00. The SMILES string of the molecule is N#Cc1ccc(-c2ccc(-c3cccc(-c4nc(-c5ccccc5)nc(-c5ccccc5)n4)c3)c(-c3ccc(-c4nc(-c5ccccc5)nc(-c5ccccc5)n4)cc3)c2)cc1. The molecule has 0 spiro atoms. The predicted molar refractivity (Wildman–Crippen MR) is 247 cm³/mol. The highest BCUT2D eigenvalue weighted by molar-refractivity contribution is 5.89. The van der Waals surface area contributed by atoms with Gasteiger partial charge in [-0.1, -0.05) is 188 Å². The topological polar surface area (TPSA) is 101 Å². The van der Waals surface area contributed by atoms with Crippen molar-refractivity contribution in [1.29, 1.82) is 5.26 Å². The summed E-state index contributed by atoms with van der Waals surface area (Å²) in [5.74, 6) is 3.61. The molecule has 0 amide bonds. The molecule has 2 heterocycles. The van der Waals surface area contributed by atoms with E-state index in [0.717, 1.165) is 66.8 Å². The first-order valence-corrected chi connectivity index (χ1v) is 20.3. The monoisotopic (exact) mass is 793 g/mol. The predicted octanol–water partition coefficient (Wildman–Crippen LogP) is 12.9. The maximum atomic E-state index is 9.48. The first-order valence-electron chi connectivity index (χ1n) is 20.3. The van der Waals surface area contributed by atoms with E-state index in [1.165, 1.54) is 0 Å². The van der Waals surface area contributed by atoms with E-state index in [1.54, 1.807) is 0 Å². The van der Waals surface area contributed by atoms with Crippen LogP contribution in [0.4, 0.5) is 0 Å². The Morgan fingerprint density at radius 2 is 0.581 bits per heavy atom. The molecule has 0 fully saturated rings. The number of hydrogen-bond donors (Lipinski definition) is 0. The minimum absolute atomic E-state index is 0.585. The summed E-state index contributed by atoms with van der Waals surface area (Å²) in [6, 6.07) is 73.2. The largest absolute Gasteiger partial charge is 0.208 e. The highest BCUT2D eigenvalue weighted by atomic mass is 15.0. The Morgan fingerprint density at radius 1 is 0.242 bits per heavy atom. The van der Waals surface area contributed by atoms with Crippen molar-refractivity contribution in [2.24, 2.45) is 0 Å². The van der Waals surface area contributed by atoms with Gasteiger partial charge in [0.05, 0.1) is 11.6 Å². The smallest absolute Gasteiger partial charge is 0.164 e. The number of rotatable bonds is 9. The molecule has 290 valence electrons. The second-order valence-electron chi connectivity index (χ2n) is 14.7. The summed E-state index contributed by atoms with van der Waals surface area (Å²) in [4.78, 5) is 29.7. The Balaban J connectivity index is 1.08. The number of benzene rings is 8. The standard InChI is InChI=1S/C55H35N7/c56-36-37-24-26-38(27-25-37)45-32-33-48(46-22-13-23-47(34-46)55-61-52(42-18-9-3-10-19-42)58-53(62-55)43-20-11-4-12-21-43)49(35-45)39-28-30-44(31-29-39)54-59-50(40-14-5-1-6-15-40)57-51(60-54)41-16-7-2-8-17-41/h1-35H.